The summed E-state index contributed by atoms with van der Waals surface area (Å²) < 4.78 is 0. The van der Waals surface area contributed by atoms with Gasteiger partial charge in [0.15, 0.2) is 0 Å². The van der Waals surface area contributed by atoms with Gasteiger partial charge in [0.1, 0.15) is 6.54 Å². The van der Waals surface area contributed by atoms with Gasteiger partial charge >= 0.3 is 0 Å². The molecule has 13 heavy (non-hydrogen) atoms. The van der Waals surface area contributed by atoms with E-state index in [0.29, 0.717) is 0 Å². The van der Waals surface area contributed by atoms with E-state index in [-0.39, 0.29) is 0 Å². The molecule has 2 heterocycles. The molecule has 3 nitrogen and oxygen atoms in total. The second kappa shape index (κ2) is 4.03. The molecule has 0 amide bonds. The summed E-state index contributed by atoms with van der Waals surface area (Å²) in [5.74, 6) is 1.27. The number of amidine groups is 1. The van der Waals surface area contributed by atoms with Crippen LogP contribution in [0.1, 0.15) is 18.4 Å². The lowest BCUT2D eigenvalue weighted by molar-refractivity contribution is -0.449. The molecule has 3 heteroatoms. The van der Waals surface area contributed by atoms with Crippen LogP contribution in [0.25, 0.3) is 0 Å². The minimum absolute atomic E-state index is 0.894. The van der Waals surface area contributed by atoms with Gasteiger partial charge in [-0.2, -0.15) is 0 Å². The second-order valence-electron chi connectivity index (χ2n) is 3.22. The van der Waals surface area contributed by atoms with Crippen LogP contribution in [0.15, 0.2) is 24.5 Å². The van der Waals surface area contributed by atoms with E-state index >= 15 is 0 Å². The molecular formula is C10H14N3+. The SMILES string of the molecule is c1cc(CNC2=[NH+]CCC2)ccn1. The molecule has 0 saturated heterocycles. The van der Waals surface area contributed by atoms with Crippen LogP contribution in [0, 0.1) is 0 Å². The zero-order valence-electron chi connectivity index (χ0n) is 7.59. The molecule has 0 aromatic carbocycles. The zero-order chi connectivity index (χ0) is 8.93. The summed E-state index contributed by atoms with van der Waals surface area (Å²) in [6, 6.07) is 4.06. The Labute approximate surface area is 77.9 Å². The average Bonchev–Trinajstić information content (AvgIpc) is 2.69. The third-order valence-corrected chi connectivity index (χ3v) is 2.20. The standard InChI is InChI=1S/C10H13N3/c1-2-10(12-5-1)13-8-9-3-6-11-7-4-9/h3-4,6-7H,1-2,5,8H2,(H,12,13)/p+1. The maximum Gasteiger partial charge on any atom is 0.242 e. The minimum atomic E-state index is 0.894. The monoisotopic (exact) mass is 176 g/mol. The van der Waals surface area contributed by atoms with E-state index < -0.39 is 0 Å². The van der Waals surface area contributed by atoms with Crippen LogP contribution < -0.4 is 10.3 Å². The topological polar surface area (TPSA) is 38.9 Å². The molecule has 2 N–H and O–H groups in total. The van der Waals surface area contributed by atoms with Crippen LogP contribution in [0.3, 0.4) is 0 Å². The summed E-state index contributed by atoms with van der Waals surface area (Å²) in [6.07, 6.45) is 6.05. The van der Waals surface area contributed by atoms with Crippen molar-refractivity contribution in [2.45, 2.75) is 19.4 Å². The van der Waals surface area contributed by atoms with E-state index in [0.717, 1.165) is 19.5 Å². The lowest BCUT2D eigenvalue weighted by atomic mass is 10.2. The number of nitrogens with one attached hydrogen (secondary N) is 2. The summed E-state index contributed by atoms with van der Waals surface area (Å²) in [4.78, 5) is 7.29. The molecule has 0 aliphatic carbocycles. The molecule has 0 saturated carbocycles. The van der Waals surface area contributed by atoms with Crippen LogP contribution in [-0.2, 0) is 6.54 Å². The van der Waals surface area contributed by atoms with Gasteiger partial charge in [-0.05, 0) is 24.1 Å². The van der Waals surface area contributed by atoms with Crippen LogP contribution >= 0.6 is 0 Å². The second-order valence-corrected chi connectivity index (χ2v) is 3.22. The molecule has 0 radical (unpaired) electrons. The van der Waals surface area contributed by atoms with E-state index in [1.54, 1.807) is 0 Å². The Balaban J connectivity index is 1.86. The molecule has 1 aromatic rings. The quantitative estimate of drug-likeness (QED) is 0.634. The first-order chi connectivity index (χ1) is 6.45. The molecule has 0 spiro atoms. The van der Waals surface area contributed by atoms with Gasteiger partial charge in [-0.15, -0.1) is 0 Å². The molecule has 0 fully saturated rings. The van der Waals surface area contributed by atoms with Gasteiger partial charge in [0.05, 0.1) is 13.0 Å². The Bertz CT molecular complexity index is 292. The lowest BCUT2D eigenvalue weighted by Gasteiger charge is -1.98. The molecule has 0 atom stereocenters. The number of aromatic nitrogens is 1. The van der Waals surface area contributed by atoms with E-state index in [2.05, 4.69) is 15.3 Å². The molecule has 1 aromatic heterocycles. The summed E-state index contributed by atoms with van der Waals surface area (Å²) in [6.45, 7) is 2.00. The Morgan fingerprint density at radius 1 is 1.38 bits per heavy atom. The largest absolute Gasteiger partial charge is 0.279 e. The highest BCUT2D eigenvalue weighted by atomic mass is 15.0. The zero-order valence-corrected chi connectivity index (χ0v) is 7.59. The van der Waals surface area contributed by atoms with Gasteiger partial charge in [0.2, 0.25) is 5.84 Å². The van der Waals surface area contributed by atoms with Crippen LogP contribution in [0.2, 0.25) is 0 Å². The summed E-state index contributed by atoms with van der Waals surface area (Å²) in [5.41, 5.74) is 1.27. The highest BCUT2D eigenvalue weighted by Crippen LogP contribution is 1.95. The highest BCUT2D eigenvalue weighted by Gasteiger charge is 2.10. The lowest BCUT2D eigenvalue weighted by Crippen LogP contribution is -2.72. The fourth-order valence-electron chi connectivity index (χ4n) is 1.45. The van der Waals surface area contributed by atoms with Crippen molar-refractivity contribution in [3.05, 3.63) is 30.1 Å². The minimum Gasteiger partial charge on any atom is -0.279 e. The Hall–Kier alpha value is -1.38. The Morgan fingerprint density at radius 2 is 2.23 bits per heavy atom. The van der Waals surface area contributed by atoms with E-state index in [9.17, 15) is 0 Å². The Morgan fingerprint density at radius 3 is 2.92 bits per heavy atom. The van der Waals surface area contributed by atoms with Gasteiger partial charge in [-0.3, -0.25) is 15.3 Å². The molecule has 0 bridgehead atoms. The first-order valence-corrected chi connectivity index (χ1v) is 4.67. The fraction of sp³-hybridized carbons (Fsp3) is 0.400. The van der Waals surface area contributed by atoms with Crippen molar-refractivity contribution in [2.75, 3.05) is 6.54 Å². The number of nitrogens with zero attached hydrogens (tertiary/aromatic N) is 1. The van der Waals surface area contributed by atoms with E-state index in [1.807, 2.05) is 24.5 Å². The highest BCUT2D eigenvalue weighted by molar-refractivity contribution is 5.77. The van der Waals surface area contributed by atoms with Crippen molar-refractivity contribution in [3.8, 4) is 0 Å². The van der Waals surface area contributed by atoms with E-state index in [1.165, 1.54) is 17.8 Å². The molecular weight excluding hydrogens is 162 g/mol. The third-order valence-electron chi connectivity index (χ3n) is 2.20. The van der Waals surface area contributed by atoms with Crippen molar-refractivity contribution < 1.29 is 4.99 Å². The predicted octanol–water partition coefficient (Wildman–Crippen LogP) is -0.556. The number of rotatable bonds is 2. The van der Waals surface area contributed by atoms with Crippen molar-refractivity contribution in [3.63, 3.8) is 0 Å². The van der Waals surface area contributed by atoms with Crippen molar-refractivity contribution in [1.29, 1.82) is 0 Å². The maximum absolute atomic E-state index is 3.97. The number of pyridine rings is 1. The smallest absolute Gasteiger partial charge is 0.242 e. The molecule has 68 valence electrons. The molecule has 2 rings (SSSR count). The van der Waals surface area contributed by atoms with Crippen LogP contribution in [0.4, 0.5) is 0 Å². The van der Waals surface area contributed by atoms with Crippen molar-refractivity contribution in [1.82, 2.24) is 10.3 Å². The predicted molar refractivity (Wildman–Crippen MR) is 51.1 cm³/mol. The Kier molecular flexibility index (Phi) is 2.55. The van der Waals surface area contributed by atoms with Crippen LogP contribution in [-0.4, -0.2) is 17.4 Å². The van der Waals surface area contributed by atoms with Crippen molar-refractivity contribution >= 4 is 5.84 Å². The van der Waals surface area contributed by atoms with Gasteiger partial charge < -0.3 is 0 Å². The third kappa shape index (κ3) is 2.28. The normalized spacial score (nSPS) is 15.5. The fourth-order valence-corrected chi connectivity index (χ4v) is 1.45. The first-order valence-electron chi connectivity index (χ1n) is 4.67. The number of hydrogen-bond acceptors (Lipinski definition) is 2. The van der Waals surface area contributed by atoms with Gasteiger partial charge in [-0.25, -0.2) is 0 Å². The molecule has 1 aliphatic rings. The molecule has 0 unspecified atom stereocenters. The average molecular weight is 176 g/mol. The summed E-state index contributed by atoms with van der Waals surface area (Å²) in [5, 5.41) is 3.38. The van der Waals surface area contributed by atoms with Gasteiger partial charge in [0, 0.05) is 12.4 Å². The van der Waals surface area contributed by atoms with Gasteiger partial charge in [-0.1, -0.05) is 0 Å². The van der Waals surface area contributed by atoms with Gasteiger partial charge in [0.25, 0.3) is 0 Å². The van der Waals surface area contributed by atoms with E-state index in [4.69, 9.17) is 0 Å². The maximum atomic E-state index is 3.97. The van der Waals surface area contributed by atoms with Crippen LogP contribution in [0.5, 0.6) is 0 Å². The summed E-state index contributed by atoms with van der Waals surface area (Å²) >= 11 is 0. The van der Waals surface area contributed by atoms with Crippen molar-refractivity contribution in [2.24, 2.45) is 0 Å². The first kappa shape index (κ1) is 8.23. The summed E-state index contributed by atoms with van der Waals surface area (Å²) in [7, 11) is 0. The molecule has 1 aliphatic heterocycles. The number of hydrogen-bond donors (Lipinski definition) is 2.